The molecule has 332 valence electrons. The van der Waals surface area contributed by atoms with Gasteiger partial charge in [-0.1, -0.05) is 134 Å². The first-order chi connectivity index (χ1) is 32.4. The van der Waals surface area contributed by atoms with Gasteiger partial charge in [-0.3, -0.25) is 9.59 Å². The van der Waals surface area contributed by atoms with E-state index in [1.54, 1.807) is 0 Å². The van der Waals surface area contributed by atoms with Crippen LogP contribution in [0.4, 0.5) is 11.4 Å². The summed E-state index contributed by atoms with van der Waals surface area (Å²) >= 11 is 0. The Morgan fingerprint density at radius 1 is 0.409 bits per heavy atom. The highest BCUT2D eigenvalue weighted by Crippen LogP contribution is 2.38. The summed E-state index contributed by atoms with van der Waals surface area (Å²) in [7, 11) is 0. The first-order valence-corrected chi connectivity index (χ1v) is 22.1. The summed E-state index contributed by atoms with van der Waals surface area (Å²) in [4.78, 5) is 27.4. The summed E-state index contributed by atoms with van der Waals surface area (Å²) in [6, 6.07) is 53.3. The minimum absolute atomic E-state index is 0.0641. The molecule has 0 saturated carbocycles. The highest BCUT2D eigenvalue weighted by atomic mass is 16.6. The van der Waals surface area contributed by atoms with Crippen molar-refractivity contribution in [3.63, 3.8) is 0 Å². The van der Waals surface area contributed by atoms with E-state index in [0.29, 0.717) is 11.4 Å². The summed E-state index contributed by atoms with van der Waals surface area (Å²) in [6.45, 7) is 8.97. The average molecular weight is 879 g/mol. The molecular formula is C56H50N2O8. The van der Waals surface area contributed by atoms with E-state index in [2.05, 4.69) is 84.5 Å². The van der Waals surface area contributed by atoms with Crippen molar-refractivity contribution in [1.29, 1.82) is 0 Å². The van der Waals surface area contributed by atoms with Crippen LogP contribution >= 0.6 is 0 Å². The second-order valence-electron chi connectivity index (χ2n) is 15.9. The Balaban J connectivity index is 0.801. The third-order valence-electron chi connectivity index (χ3n) is 11.5. The van der Waals surface area contributed by atoms with Gasteiger partial charge in [0.25, 0.3) is 11.8 Å². The molecule has 1 heterocycles. The van der Waals surface area contributed by atoms with Crippen molar-refractivity contribution in [3.05, 3.63) is 182 Å². The number of carbonyl (C=O) groups is 2. The van der Waals surface area contributed by atoms with E-state index >= 15 is 0 Å². The molecule has 0 aromatic heterocycles. The Morgan fingerprint density at radius 3 is 1.08 bits per heavy atom. The smallest absolute Gasteiger partial charge is 0.261 e. The molecule has 1 aliphatic rings. The van der Waals surface area contributed by atoms with E-state index in [9.17, 15) is 9.59 Å². The van der Waals surface area contributed by atoms with Crippen molar-refractivity contribution in [3.8, 4) is 22.3 Å². The molecule has 2 unspecified atom stereocenters. The zero-order chi connectivity index (χ0) is 45.2. The monoisotopic (exact) mass is 878 g/mol. The van der Waals surface area contributed by atoms with Gasteiger partial charge >= 0.3 is 0 Å². The number of hydrogen-bond donors (Lipinski definition) is 2. The van der Waals surface area contributed by atoms with Crippen LogP contribution in [0.5, 0.6) is 0 Å². The van der Waals surface area contributed by atoms with Crippen LogP contribution in [0.25, 0.3) is 65.3 Å². The van der Waals surface area contributed by atoms with Crippen molar-refractivity contribution in [2.45, 2.75) is 12.2 Å². The Morgan fingerprint density at radius 2 is 0.727 bits per heavy atom. The van der Waals surface area contributed by atoms with Crippen LogP contribution < -0.4 is 10.6 Å². The number of hydrogen-bond acceptors (Lipinski definition) is 8. The van der Waals surface area contributed by atoms with E-state index in [1.165, 1.54) is 0 Å². The van der Waals surface area contributed by atoms with Crippen LogP contribution in [0.2, 0.25) is 0 Å². The largest absolute Gasteiger partial charge is 0.493 e. The average Bonchev–Trinajstić information content (AvgIpc) is 3.34. The molecule has 0 spiro atoms. The SMILES string of the molecule is C=C1OCCOCCOC(C(=O)Nc2ccc(-c3c4ccccc4cc4ccccc34)cc2)C(=C)OCCOCCOC1C(=O)Nc1ccc(-c2c3ccccc3cc3ccccc23)cc1. The number of benzene rings is 8. The maximum atomic E-state index is 13.7. The second-order valence-corrected chi connectivity index (χ2v) is 15.9. The highest BCUT2D eigenvalue weighted by molar-refractivity contribution is 6.14. The summed E-state index contributed by atoms with van der Waals surface area (Å²) in [5.41, 5.74) is 5.52. The molecule has 2 N–H and O–H groups in total. The van der Waals surface area contributed by atoms with E-state index < -0.39 is 24.0 Å². The van der Waals surface area contributed by atoms with Crippen molar-refractivity contribution >= 4 is 66.3 Å². The van der Waals surface area contributed by atoms with Crippen molar-refractivity contribution in [2.24, 2.45) is 0 Å². The lowest BCUT2D eigenvalue weighted by molar-refractivity contribution is -0.131. The molecule has 1 saturated heterocycles. The van der Waals surface area contributed by atoms with Crippen molar-refractivity contribution < 1.29 is 38.0 Å². The molecule has 0 aliphatic carbocycles. The number of nitrogens with one attached hydrogen (secondary N) is 2. The maximum absolute atomic E-state index is 13.7. The molecule has 8 aromatic carbocycles. The lowest BCUT2D eigenvalue weighted by atomic mass is 9.92. The van der Waals surface area contributed by atoms with Gasteiger partial charge in [-0.15, -0.1) is 0 Å². The minimum Gasteiger partial charge on any atom is -0.493 e. The van der Waals surface area contributed by atoms with Crippen LogP contribution in [0.15, 0.2) is 182 Å². The van der Waals surface area contributed by atoms with Crippen molar-refractivity contribution in [1.82, 2.24) is 0 Å². The van der Waals surface area contributed by atoms with Crippen LogP contribution in [-0.4, -0.2) is 76.9 Å². The molecule has 2 amide bonds. The Hall–Kier alpha value is -7.34. The molecule has 2 atom stereocenters. The quantitative estimate of drug-likeness (QED) is 0.159. The third-order valence-corrected chi connectivity index (χ3v) is 11.5. The van der Waals surface area contributed by atoms with Crippen LogP contribution in [0.1, 0.15) is 0 Å². The van der Waals surface area contributed by atoms with Gasteiger partial charge in [0.15, 0.2) is 12.2 Å². The second kappa shape index (κ2) is 20.7. The van der Waals surface area contributed by atoms with Crippen LogP contribution in [0, 0.1) is 0 Å². The summed E-state index contributed by atoms with van der Waals surface area (Å²) in [5.74, 6) is -0.625. The molecule has 9 rings (SSSR count). The number of rotatable bonds is 6. The van der Waals surface area contributed by atoms with E-state index in [1.807, 2.05) is 97.1 Å². The van der Waals surface area contributed by atoms with Gasteiger partial charge in [0.1, 0.15) is 24.7 Å². The number of carbonyl (C=O) groups excluding carboxylic acids is 2. The van der Waals surface area contributed by atoms with Gasteiger partial charge in [0, 0.05) is 11.4 Å². The first kappa shape index (κ1) is 43.9. The summed E-state index contributed by atoms with van der Waals surface area (Å²) in [5, 5.41) is 15.2. The molecule has 0 bridgehead atoms. The number of anilines is 2. The summed E-state index contributed by atoms with van der Waals surface area (Å²) < 4.78 is 35.2. The molecule has 66 heavy (non-hydrogen) atoms. The topological polar surface area (TPSA) is 114 Å². The predicted molar refractivity (Wildman–Crippen MR) is 262 cm³/mol. The van der Waals surface area contributed by atoms with Crippen LogP contribution in [0.3, 0.4) is 0 Å². The van der Waals surface area contributed by atoms with Gasteiger partial charge in [-0.25, -0.2) is 0 Å². The third kappa shape index (κ3) is 9.97. The first-order valence-electron chi connectivity index (χ1n) is 22.1. The lowest BCUT2D eigenvalue weighted by Gasteiger charge is -2.22. The zero-order valence-electron chi connectivity index (χ0n) is 36.5. The fraction of sp³-hybridized carbons (Fsp3) is 0.179. The molecule has 1 fully saturated rings. The molecule has 10 heteroatoms. The number of fused-ring (bicyclic) bond motifs is 4. The Labute approximate surface area is 383 Å². The van der Waals surface area contributed by atoms with Gasteiger partial charge in [-0.05, 0) is 102 Å². The molecular weight excluding hydrogens is 829 g/mol. The normalized spacial score (nSPS) is 17.1. The van der Waals surface area contributed by atoms with Gasteiger partial charge in [0.2, 0.25) is 0 Å². The van der Waals surface area contributed by atoms with Crippen LogP contribution in [-0.2, 0) is 38.0 Å². The maximum Gasteiger partial charge on any atom is 0.261 e. The zero-order valence-corrected chi connectivity index (χ0v) is 36.5. The molecule has 8 aromatic rings. The molecule has 1 aliphatic heterocycles. The van der Waals surface area contributed by atoms with E-state index in [4.69, 9.17) is 28.4 Å². The highest BCUT2D eigenvalue weighted by Gasteiger charge is 2.26. The van der Waals surface area contributed by atoms with E-state index in [-0.39, 0.29) is 64.4 Å². The Bertz CT molecular complexity index is 2720. The Kier molecular flexibility index (Phi) is 13.7. The molecule has 10 nitrogen and oxygen atoms in total. The fourth-order valence-corrected chi connectivity index (χ4v) is 8.40. The number of amides is 2. The summed E-state index contributed by atoms with van der Waals surface area (Å²) in [6.07, 6.45) is -2.25. The van der Waals surface area contributed by atoms with Gasteiger partial charge in [0.05, 0.1) is 39.6 Å². The van der Waals surface area contributed by atoms with Crippen molar-refractivity contribution in [2.75, 3.05) is 63.5 Å². The lowest BCUT2D eigenvalue weighted by Crippen LogP contribution is -2.35. The predicted octanol–water partition coefficient (Wildman–Crippen LogP) is 11.1. The fourth-order valence-electron chi connectivity index (χ4n) is 8.40. The van der Waals surface area contributed by atoms with Gasteiger partial charge < -0.3 is 39.1 Å². The van der Waals surface area contributed by atoms with Gasteiger partial charge in [-0.2, -0.15) is 0 Å². The minimum atomic E-state index is -1.12. The van der Waals surface area contributed by atoms with E-state index in [0.717, 1.165) is 65.3 Å². The standard InChI is InChI=1S/C56H50N2O8/c1-37-53(55(59)57-45-23-19-39(20-24-45)51-47-15-7-3-11-41(47)35-42-12-4-8-16-48(42)51)65-33-29-62-28-32-64-38(2)54(66-34-30-61-27-31-63-37)56(60)58-46-25-21-40(22-26-46)52-49-17-9-5-13-43(49)36-44-14-6-10-18-50(44)52/h3-26,35-36,53-54H,1-2,27-34H2,(H,57,59)(H,58,60). The molecule has 0 radical (unpaired) electrons. The number of ether oxygens (including phenoxy) is 6.